The number of hydrogen-bond acceptors (Lipinski definition) is 6. The van der Waals surface area contributed by atoms with Crippen LogP contribution in [0.25, 0.3) is 0 Å². The average molecular weight is 281 g/mol. The van der Waals surface area contributed by atoms with Gasteiger partial charge in [0.2, 0.25) is 0 Å². The van der Waals surface area contributed by atoms with Gasteiger partial charge in [-0.1, -0.05) is 20.3 Å². The van der Waals surface area contributed by atoms with Crippen LogP contribution in [0.15, 0.2) is 6.07 Å². The van der Waals surface area contributed by atoms with E-state index in [4.69, 9.17) is 5.84 Å². The molecule has 1 heterocycles. The summed E-state index contributed by atoms with van der Waals surface area (Å²) in [6, 6.07) is 2.39. The van der Waals surface area contributed by atoms with Gasteiger partial charge >= 0.3 is 0 Å². The summed E-state index contributed by atoms with van der Waals surface area (Å²) < 4.78 is 0. The quantitative estimate of drug-likeness (QED) is 0.549. The number of nitrogens with one attached hydrogen (secondary N) is 2. The van der Waals surface area contributed by atoms with Crippen molar-refractivity contribution in [3.63, 3.8) is 0 Å². The van der Waals surface area contributed by atoms with Crippen molar-refractivity contribution in [2.24, 2.45) is 5.84 Å². The zero-order valence-electron chi connectivity index (χ0n) is 11.6. The lowest BCUT2D eigenvalue weighted by Crippen LogP contribution is -2.27. The van der Waals surface area contributed by atoms with Crippen LogP contribution < -0.4 is 16.6 Å². The van der Waals surface area contributed by atoms with Crippen molar-refractivity contribution >= 4 is 23.4 Å². The van der Waals surface area contributed by atoms with Crippen molar-refractivity contribution in [3.8, 4) is 0 Å². The SMILES string of the molecule is CCSC1CCCC1Nc1cc(NN)nc(CC)n1. The van der Waals surface area contributed by atoms with Crippen LogP contribution in [0.4, 0.5) is 11.6 Å². The predicted octanol–water partition coefficient (Wildman–Crippen LogP) is 2.41. The number of nitrogen functional groups attached to an aromatic ring is 1. The maximum Gasteiger partial charge on any atom is 0.145 e. The summed E-state index contributed by atoms with van der Waals surface area (Å²) in [5.74, 6) is 8.99. The minimum absolute atomic E-state index is 0.509. The fourth-order valence-corrected chi connectivity index (χ4v) is 3.70. The van der Waals surface area contributed by atoms with E-state index in [0.29, 0.717) is 17.1 Å². The molecule has 6 heteroatoms. The molecular formula is C13H23N5S. The summed E-state index contributed by atoms with van der Waals surface area (Å²) in [6.45, 7) is 4.26. The predicted molar refractivity (Wildman–Crippen MR) is 82.4 cm³/mol. The zero-order chi connectivity index (χ0) is 13.7. The fourth-order valence-electron chi connectivity index (χ4n) is 2.50. The first kappa shape index (κ1) is 14.4. The van der Waals surface area contributed by atoms with Gasteiger partial charge in [-0.25, -0.2) is 15.8 Å². The molecule has 0 saturated heterocycles. The molecule has 1 aliphatic rings. The fraction of sp³-hybridized carbons (Fsp3) is 0.692. The number of rotatable bonds is 6. The molecule has 1 fully saturated rings. The van der Waals surface area contributed by atoms with Gasteiger partial charge < -0.3 is 10.7 Å². The van der Waals surface area contributed by atoms with Gasteiger partial charge in [0, 0.05) is 23.8 Å². The molecule has 0 aliphatic heterocycles. The van der Waals surface area contributed by atoms with Crippen LogP contribution in [0.2, 0.25) is 0 Å². The smallest absolute Gasteiger partial charge is 0.145 e. The number of nitrogens with two attached hydrogens (primary N) is 1. The van der Waals surface area contributed by atoms with Gasteiger partial charge in [0.25, 0.3) is 0 Å². The van der Waals surface area contributed by atoms with E-state index in [1.807, 2.05) is 24.8 Å². The molecule has 2 atom stereocenters. The third-order valence-corrected chi connectivity index (χ3v) is 4.73. The van der Waals surface area contributed by atoms with Gasteiger partial charge in [0.15, 0.2) is 0 Å². The second kappa shape index (κ2) is 6.96. The number of anilines is 2. The summed E-state index contributed by atoms with van der Waals surface area (Å²) >= 11 is 2.04. The highest BCUT2D eigenvalue weighted by atomic mass is 32.2. The van der Waals surface area contributed by atoms with E-state index in [1.54, 1.807) is 0 Å². The lowest BCUT2D eigenvalue weighted by molar-refractivity contribution is 0.758. The first-order chi connectivity index (χ1) is 9.26. The molecule has 0 radical (unpaired) electrons. The van der Waals surface area contributed by atoms with Crippen LogP contribution in [-0.2, 0) is 6.42 Å². The van der Waals surface area contributed by atoms with Crippen molar-refractivity contribution in [1.82, 2.24) is 9.97 Å². The van der Waals surface area contributed by atoms with E-state index in [2.05, 4.69) is 27.6 Å². The molecule has 0 aromatic carbocycles. The van der Waals surface area contributed by atoms with E-state index in [9.17, 15) is 0 Å². The average Bonchev–Trinajstić information content (AvgIpc) is 2.86. The summed E-state index contributed by atoms with van der Waals surface area (Å²) in [4.78, 5) is 8.84. The second-order valence-corrected chi connectivity index (χ2v) is 6.24. The normalized spacial score (nSPS) is 22.5. The Balaban J connectivity index is 2.09. The van der Waals surface area contributed by atoms with Gasteiger partial charge in [0.1, 0.15) is 17.5 Å². The molecule has 1 aliphatic carbocycles. The molecule has 0 bridgehead atoms. The molecule has 19 heavy (non-hydrogen) atoms. The van der Waals surface area contributed by atoms with E-state index >= 15 is 0 Å². The van der Waals surface area contributed by atoms with Crippen LogP contribution in [0.3, 0.4) is 0 Å². The van der Waals surface area contributed by atoms with Crippen LogP contribution in [-0.4, -0.2) is 27.0 Å². The summed E-state index contributed by atoms with van der Waals surface area (Å²) in [5.41, 5.74) is 2.61. The summed E-state index contributed by atoms with van der Waals surface area (Å²) in [7, 11) is 0. The number of nitrogens with zero attached hydrogens (tertiary/aromatic N) is 2. The van der Waals surface area contributed by atoms with E-state index in [0.717, 1.165) is 18.1 Å². The highest BCUT2D eigenvalue weighted by Gasteiger charge is 2.27. The van der Waals surface area contributed by atoms with Crippen LogP contribution in [0.5, 0.6) is 0 Å². The Morgan fingerprint density at radius 1 is 1.32 bits per heavy atom. The second-order valence-electron chi connectivity index (χ2n) is 4.73. The molecule has 1 aromatic heterocycles. The number of hydrogen-bond donors (Lipinski definition) is 3. The van der Waals surface area contributed by atoms with Crippen molar-refractivity contribution in [2.45, 2.75) is 50.8 Å². The molecule has 1 aromatic rings. The molecule has 1 saturated carbocycles. The number of aryl methyl sites for hydroxylation is 1. The highest BCUT2D eigenvalue weighted by molar-refractivity contribution is 7.99. The maximum absolute atomic E-state index is 5.45. The molecule has 2 unspecified atom stereocenters. The summed E-state index contributed by atoms with van der Waals surface area (Å²) in [6.07, 6.45) is 4.61. The minimum atomic E-state index is 0.509. The lowest BCUT2D eigenvalue weighted by atomic mass is 10.2. The molecule has 0 amide bonds. The van der Waals surface area contributed by atoms with Gasteiger partial charge in [-0.05, 0) is 18.6 Å². The zero-order valence-corrected chi connectivity index (χ0v) is 12.5. The molecule has 2 rings (SSSR count). The van der Waals surface area contributed by atoms with Crippen LogP contribution >= 0.6 is 11.8 Å². The number of thioether (sulfide) groups is 1. The molecule has 4 N–H and O–H groups in total. The number of hydrazine groups is 1. The molecule has 0 spiro atoms. The largest absolute Gasteiger partial charge is 0.366 e. The van der Waals surface area contributed by atoms with Crippen molar-refractivity contribution in [1.29, 1.82) is 0 Å². The lowest BCUT2D eigenvalue weighted by Gasteiger charge is -2.21. The maximum atomic E-state index is 5.45. The molecule has 5 nitrogen and oxygen atoms in total. The Bertz CT molecular complexity index is 390. The first-order valence-electron chi connectivity index (χ1n) is 6.99. The van der Waals surface area contributed by atoms with E-state index in [1.165, 1.54) is 25.0 Å². The van der Waals surface area contributed by atoms with E-state index < -0.39 is 0 Å². The summed E-state index contributed by atoms with van der Waals surface area (Å²) in [5, 5.41) is 4.25. The Morgan fingerprint density at radius 3 is 2.79 bits per heavy atom. The third-order valence-electron chi connectivity index (χ3n) is 3.40. The topological polar surface area (TPSA) is 75.9 Å². The Labute approximate surface area is 119 Å². The first-order valence-corrected chi connectivity index (χ1v) is 8.04. The Morgan fingerprint density at radius 2 is 2.11 bits per heavy atom. The monoisotopic (exact) mass is 281 g/mol. The Hall–Kier alpha value is -1.01. The standard InChI is InChI=1S/C13H23N5S/c1-3-11-16-12(8-13(17-11)18-14)15-9-6-5-7-10(9)19-4-2/h8-10H,3-7,14H2,1-2H3,(H2,15,16,17,18). The van der Waals surface area contributed by atoms with Crippen LogP contribution in [0, 0.1) is 0 Å². The van der Waals surface area contributed by atoms with Crippen molar-refractivity contribution in [2.75, 3.05) is 16.5 Å². The molecular weight excluding hydrogens is 258 g/mol. The molecule has 106 valence electrons. The van der Waals surface area contributed by atoms with Crippen LogP contribution in [0.1, 0.15) is 38.9 Å². The van der Waals surface area contributed by atoms with Crippen molar-refractivity contribution < 1.29 is 0 Å². The number of aromatic nitrogens is 2. The third kappa shape index (κ3) is 3.73. The van der Waals surface area contributed by atoms with Gasteiger partial charge in [-0.3, -0.25) is 0 Å². The van der Waals surface area contributed by atoms with Gasteiger partial charge in [-0.2, -0.15) is 11.8 Å². The van der Waals surface area contributed by atoms with Crippen molar-refractivity contribution in [3.05, 3.63) is 11.9 Å². The van der Waals surface area contributed by atoms with Gasteiger partial charge in [-0.15, -0.1) is 0 Å². The Kier molecular flexibility index (Phi) is 5.27. The highest BCUT2D eigenvalue weighted by Crippen LogP contribution is 2.32. The van der Waals surface area contributed by atoms with Gasteiger partial charge in [0.05, 0.1) is 0 Å². The minimum Gasteiger partial charge on any atom is -0.366 e. The van der Waals surface area contributed by atoms with E-state index in [-0.39, 0.29) is 0 Å².